The lowest BCUT2D eigenvalue weighted by Crippen LogP contribution is -2.02. The minimum absolute atomic E-state index is 0.133. The molecule has 3 rings (SSSR count). The van der Waals surface area contributed by atoms with Gasteiger partial charge in [0.1, 0.15) is 12.2 Å². The van der Waals surface area contributed by atoms with Crippen LogP contribution in [0.5, 0.6) is 0 Å². The van der Waals surface area contributed by atoms with Crippen molar-refractivity contribution in [2.75, 3.05) is 0 Å². The first-order chi connectivity index (χ1) is 9.65. The topological polar surface area (TPSA) is 80.4 Å². The molecule has 0 aliphatic heterocycles. The average Bonchev–Trinajstić information content (AvgIpc) is 2.80. The third kappa shape index (κ3) is 2.09. The number of aliphatic carboxylic acids is 1. The molecule has 0 aliphatic rings. The third-order valence-electron chi connectivity index (χ3n) is 2.74. The molecule has 3 aromatic rings. The van der Waals surface area contributed by atoms with Crippen LogP contribution < -0.4 is 0 Å². The van der Waals surface area contributed by atoms with Gasteiger partial charge >= 0.3 is 5.97 Å². The van der Waals surface area contributed by atoms with Crippen LogP contribution in [-0.4, -0.2) is 30.7 Å². The average molecular weight is 272 g/mol. The molecular weight excluding hydrogens is 263 g/mol. The first-order valence-electron chi connectivity index (χ1n) is 5.82. The number of halogens is 1. The number of carboxylic acids is 1. The Labute approximate surface area is 112 Å². The fourth-order valence-corrected chi connectivity index (χ4v) is 1.92. The molecule has 1 aromatic carbocycles. The van der Waals surface area contributed by atoms with E-state index in [1.165, 1.54) is 16.8 Å². The Kier molecular flexibility index (Phi) is 2.86. The molecule has 20 heavy (non-hydrogen) atoms. The number of carboxylic acid groups (broad SMARTS) is 1. The molecule has 0 saturated carbocycles. The van der Waals surface area contributed by atoms with E-state index in [1.54, 1.807) is 24.3 Å². The third-order valence-corrected chi connectivity index (χ3v) is 2.74. The van der Waals surface area contributed by atoms with E-state index in [4.69, 9.17) is 5.11 Å². The number of fused-ring (bicyclic) bond motifs is 1. The Bertz CT molecular complexity index is 800. The summed E-state index contributed by atoms with van der Waals surface area (Å²) >= 11 is 0. The van der Waals surface area contributed by atoms with Crippen LogP contribution in [0.25, 0.3) is 17.0 Å². The van der Waals surface area contributed by atoms with Crippen molar-refractivity contribution in [1.82, 2.24) is 19.6 Å². The Morgan fingerprint density at radius 2 is 2.10 bits per heavy atom. The molecule has 2 aromatic heterocycles. The quantitative estimate of drug-likeness (QED) is 0.782. The van der Waals surface area contributed by atoms with Gasteiger partial charge < -0.3 is 5.11 Å². The van der Waals surface area contributed by atoms with E-state index in [9.17, 15) is 9.18 Å². The van der Waals surface area contributed by atoms with E-state index in [-0.39, 0.29) is 18.0 Å². The van der Waals surface area contributed by atoms with E-state index >= 15 is 0 Å². The predicted molar refractivity (Wildman–Crippen MR) is 67.5 cm³/mol. The lowest BCUT2D eigenvalue weighted by Gasteiger charge is -2.04. The molecule has 0 amide bonds. The van der Waals surface area contributed by atoms with Crippen molar-refractivity contribution in [2.45, 2.75) is 6.42 Å². The summed E-state index contributed by atoms with van der Waals surface area (Å²) in [6.45, 7) is 0. The fourth-order valence-electron chi connectivity index (χ4n) is 1.92. The van der Waals surface area contributed by atoms with Gasteiger partial charge in [-0.25, -0.2) is 9.37 Å². The highest BCUT2D eigenvalue weighted by Gasteiger charge is 2.13. The lowest BCUT2D eigenvalue weighted by atomic mass is 10.1. The van der Waals surface area contributed by atoms with Crippen molar-refractivity contribution in [1.29, 1.82) is 0 Å². The van der Waals surface area contributed by atoms with E-state index in [0.29, 0.717) is 11.3 Å². The molecule has 0 saturated heterocycles. The van der Waals surface area contributed by atoms with E-state index in [0.717, 1.165) is 0 Å². The van der Waals surface area contributed by atoms with Crippen molar-refractivity contribution < 1.29 is 14.3 Å². The Morgan fingerprint density at radius 3 is 2.85 bits per heavy atom. The molecule has 0 radical (unpaired) electrons. The highest BCUT2D eigenvalue weighted by atomic mass is 19.1. The first-order valence-corrected chi connectivity index (χ1v) is 5.82. The predicted octanol–water partition coefficient (Wildman–Crippen LogP) is 1.56. The highest BCUT2D eigenvalue weighted by Crippen LogP contribution is 2.22. The van der Waals surface area contributed by atoms with Gasteiger partial charge in [-0.3, -0.25) is 4.79 Å². The second-order valence-corrected chi connectivity index (χ2v) is 4.12. The van der Waals surface area contributed by atoms with Crippen LogP contribution in [0.1, 0.15) is 5.82 Å². The van der Waals surface area contributed by atoms with Gasteiger partial charge in [-0.15, -0.1) is 5.10 Å². The van der Waals surface area contributed by atoms with Crippen LogP contribution in [0.4, 0.5) is 4.39 Å². The van der Waals surface area contributed by atoms with Gasteiger partial charge in [0.2, 0.25) is 0 Å². The summed E-state index contributed by atoms with van der Waals surface area (Å²) < 4.78 is 15.2. The molecule has 0 spiro atoms. The summed E-state index contributed by atoms with van der Waals surface area (Å²) in [5, 5.41) is 12.8. The molecule has 0 unspecified atom stereocenters. The smallest absolute Gasteiger partial charge is 0.311 e. The van der Waals surface area contributed by atoms with Crippen LogP contribution in [0.2, 0.25) is 0 Å². The van der Waals surface area contributed by atoms with Gasteiger partial charge in [-0.2, -0.15) is 9.50 Å². The van der Waals surface area contributed by atoms with E-state index in [2.05, 4.69) is 15.1 Å². The molecule has 2 heterocycles. The van der Waals surface area contributed by atoms with Crippen LogP contribution >= 0.6 is 0 Å². The van der Waals surface area contributed by atoms with Crippen molar-refractivity contribution >= 4 is 11.7 Å². The molecular formula is C13H9FN4O2. The summed E-state index contributed by atoms with van der Waals surface area (Å²) in [4.78, 5) is 18.7. The zero-order valence-electron chi connectivity index (χ0n) is 10.2. The molecule has 0 bridgehead atoms. The second-order valence-electron chi connectivity index (χ2n) is 4.12. The lowest BCUT2D eigenvalue weighted by molar-refractivity contribution is -0.136. The summed E-state index contributed by atoms with van der Waals surface area (Å²) in [5.41, 5.74) is 0.823. The second kappa shape index (κ2) is 4.69. The van der Waals surface area contributed by atoms with Gasteiger partial charge in [0, 0.05) is 11.8 Å². The molecule has 6 nitrogen and oxygen atoms in total. The number of rotatable bonds is 3. The minimum atomic E-state index is -1.03. The fraction of sp³-hybridized carbons (Fsp3) is 0.0769. The Hall–Kier alpha value is -2.83. The standard InChI is InChI=1S/C13H9FN4O2/c14-9-4-2-1-3-8(9)10-5-6-15-13-16-11(7-12(19)20)17-18(10)13/h1-6H,7H2,(H,19,20). The highest BCUT2D eigenvalue weighted by molar-refractivity contribution is 5.69. The zero-order valence-corrected chi connectivity index (χ0v) is 10.2. The van der Waals surface area contributed by atoms with Crippen molar-refractivity contribution in [3.8, 4) is 11.3 Å². The number of benzene rings is 1. The van der Waals surface area contributed by atoms with Crippen molar-refractivity contribution in [2.24, 2.45) is 0 Å². The number of hydrogen-bond acceptors (Lipinski definition) is 4. The zero-order chi connectivity index (χ0) is 14.1. The van der Waals surface area contributed by atoms with Gasteiger partial charge in [0.25, 0.3) is 5.78 Å². The van der Waals surface area contributed by atoms with E-state index in [1.807, 2.05) is 0 Å². The molecule has 0 atom stereocenters. The van der Waals surface area contributed by atoms with Crippen molar-refractivity contribution in [3.63, 3.8) is 0 Å². The van der Waals surface area contributed by atoms with Crippen LogP contribution in [-0.2, 0) is 11.2 Å². The number of aromatic nitrogens is 4. The maximum atomic E-state index is 13.8. The van der Waals surface area contributed by atoms with Gasteiger partial charge in [0.05, 0.1) is 5.69 Å². The number of hydrogen-bond donors (Lipinski definition) is 1. The number of nitrogens with zero attached hydrogens (tertiary/aromatic N) is 4. The monoisotopic (exact) mass is 272 g/mol. The SMILES string of the molecule is O=C(O)Cc1nc2nccc(-c3ccccc3F)n2n1. The van der Waals surface area contributed by atoms with Crippen LogP contribution in [0.3, 0.4) is 0 Å². The van der Waals surface area contributed by atoms with Crippen molar-refractivity contribution in [3.05, 3.63) is 48.2 Å². The van der Waals surface area contributed by atoms with E-state index < -0.39 is 11.8 Å². The molecule has 100 valence electrons. The molecule has 0 aliphatic carbocycles. The maximum absolute atomic E-state index is 13.8. The Balaban J connectivity index is 2.19. The summed E-state index contributed by atoms with van der Waals surface area (Å²) in [6.07, 6.45) is 1.18. The minimum Gasteiger partial charge on any atom is -0.481 e. The normalized spacial score (nSPS) is 10.8. The largest absolute Gasteiger partial charge is 0.481 e. The summed E-state index contributed by atoms with van der Waals surface area (Å²) in [6, 6.07) is 7.86. The molecule has 7 heteroatoms. The number of carbonyl (C=O) groups is 1. The van der Waals surface area contributed by atoms with Crippen LogP contribution in [0, 0.1) is 5.82 Å². The molecule has 0 fully saturated rings. The maximum Gasteiger partial charge on any atom is 0.311 e. The Morgan fingerprint density at radius 1 is 1.30 bits per heavy atom. The van der Waals surface area contributed by atoms with Gasteiger partial charge in [0.15, 0.2) is 5.82 Å². The summed E-state index contributed by atoms with van der Waals surface area (Å²) in [5.74, 6) is -1.06. The van der Waals surface area contributed by atoms with Gasteiger partial charge in [-0.05, 0) is 18.2 Å². The van der Waals surface area contributed by atoms with Gasteiger partial charge in [-0.1, -0.05) is 12.1 Å². The molecule has 1 N–H and O–H groups in total. The first kappa shape index (κ1) is 12.2. The van der Waals surface area contributed by atoms with Crippen LogP contribution in [0.15, 0.2) is 36.5 Å². The summed E-state index contributed by atoms with van der Waals surface area (Å²) in [7, 11) is 0.